The normalized spacial score (nSPS) is 19.1. The van der Waals surface area contributed by atoms with E-state index >= 15 is 0 Å². The molecule has 0 spiro atoms. The molecule has 0 radical (unpaired) electrons. The first-order valence-corrected chi connectivity index (χ1v) is 12.2. The lowest BCUT2D eigenvalue weighted by Crippen LogP contribution is -2.51. The van der Waals surface area contributed by atoms with Gasteiger partial charge in [-0.2, -0.15) is 0 Å². The Hall–Kier alpha value is -3.71. The molecule has 0 bridgehead atoms. The number of primary amides is 1. The molecule has 36 heavy (non-hydrogen) atoms. The number of likely N-dealkylation sites (tertiary alicyclic amines) is 1. The predicted octanol–water partition coefficient (Wildman–Crippen LogP) is 5.20. The van der Waals surface area contributed by atoms with Crippen molar-refractivity contribution in [2.75, 3.05) is 6.54 Å². The molecule has 1 aromatic heterocycles. The van der Waals surface area contributed by atoms with E-state index in [9.17, 15) is 19.8 Å². The highest BCUT2D eigenvalue weighted by atomic mass is 16.4. The van der Waals surface area contributed by atoms with Crippen LogP contribution < -0.4 is 5.73 Å². The van der Waals surface area contributed by atoms with Gasteiger partial charge in [0, 0.05) is 29.8 Å². The van der Waals surface area contributed by atoms with Crippen LogP contribution >= 0.6 is 0 Å². The van der Waals surface area contributed by atoms with Crippen LogP contribution in [0.15, 0.2) is 66.7 Å². The van der Waals surface area contributed by atoms with E-state index in [0.29, 0.717) is 30.6 Å². The van der Waals surface area contributed by atoms with Gasteiger partial charge in [-0.15, -0.1) is 0 Å². The monoisotopic (exact) mass is 487 g/mol. The molecule has 4 N–H and O–H groups in total. The van der Waals surface area contributed by atoms with Crippen LogP contribution in [0.4, 0.5) is 4.79 Å². The van der Waals surface area contributed by atoms with E-state index in [0.717, 1.165) is 22.4 Å². The fourth-order valence-corrected chi connectivity index (χ4v) is 5.06. The predicted molar refractivity (Wildman–Crippen MR) is 139 cm³/mol. The summed E-state index contributed by atoms with van der Waals surface area (Å²) in [6.45, 7) is 6.59. The van der Waals surface area contributed by atoms with Crippen LogP contribution in [0.1, 0.15) is 72.8 Å². The van der Waals surface area contributed by atoms with Crippen molar-refractivity contribution in [3.05, 3.63) is 89.1 Å². The number of aliphatic hydroxyl groups is 1. The molecule has 7 nitrogen and oxygen atoms in total. The van der Waals surface area contributed by atoms with Crippen molar-refractivity contribution in [2.24, 2.45) is 11.1 Å². The molecule has 3 unspecified atom stereocenters. The number of hydrogen-bond donors (Lipinski definition) is 3. The standard InChI is InChI=1S/C29H33N3O4/c1-29(2,3)24-17-21(15-16-32(24)28(35)36)23-14-13-22(27(30)34)25(31-23)18-9-11-20(12-10-18)26(33)19-7-5-4-6-8-19/h4-14,21,24,26,33H,15-17H2,1-3H3,(H2,30,34)(H,35,36). The number of carbonyl (C=O) groups excluding carboxylic acids is 1. The second-order valence-corrected chi connectivity index (χ2v) is 10.5. The van der Waals surface area contributed by atoms with Gasteiger partial charge in [-0.25, -0.2) is 4.79 Å². The summed E-state index contributed by atoms with van der Waals surface area (Å²) in [7, 11) is 0. The maximum Gasteiger partial charge on any atom is 0.407 e. The molecule has 4 rings (SSSR count). The Bertz CT molecular complexity index is 1240. The molecule has 0 saturated carbocycles. The Morgan fingerprint density at radius 3 is 2.22 bits per heavy atom. The van der Waals surface area contributed by atoms with Gasteiger partial charge in [-0.05, 0) is 41.5 Å². The largest absolute Gasteiger partial charge is 0.465 e. The summed E-state index contributed by atoms with van der Waals surface area (Å²) in [6.07, 6.45) is -0.350. The molecular formula is C29H33N3O4. The molecule has 7 heteroatoms. The summed E-state index contributed by atoms with van der Waals surface area (Å²) < 4.78 is 0. The van der Waals surface area contributed by atoms with Gasteiger partial charge in [-0.1, -0.05) is 75.4 Å². The number of aliphatic hydroxyl groups excluding tert-OH is 1. The van der Waals surface area contributed by atoms with Crippen molar-refractivity contribution in [1.29, 1.82) is 0 Å². The fraction of sp³-hybridized carbons (Fsp3) is 0.345. The Morgan fingerprint density at radius 2 is 1.64 bits per heavy atom. The number of nitrogens with zero attached hydrogens (tertiary/aromatic N) is 2. The number of carboxylic acid groups (broad SMARTS) is 1. The maximum absolute atomic E-state index is 12.2. The van der Waals surface area contributed by atoms with Gasteiger partial charge in [-0.3, -0.25) is 9.78 Å². The number of aromatic nitrogens is 1. The topological polar surface area (TPSA) is 117 Å². The number of amides is 2. The van der Waals surface area contributed by atoms with Crippen LogP contribution in [-0.2, 0) is 0 Å². The van der Waals surface area contributed by atoms with E-state index in [1.807, 2.05) is 60.7 Å². The van der Waals surface area contributed by atoms with Crippen LogP contribution in [0.25, 0.3) is 11.3 Å². The zero-order chi connectivity index (χ0) is 26.0. The zero-order valence-electron chi connectivity index (χ0n) is 20.9. The molecule has 2 amide bonds. The minimum Gasteiger partial charge on any atom is -0.465 e. The SMILES string of the molecule is CC(C)(C)C1CC(c2ccc(C(N)=O)c(-c3ccc(C(O)c4ccccc4)cc3)n2)CCN1C(=O)O. The van der Waals surface area contributed by atoms with Crippen LogP contribution in [0.5, 0.6) is 0 Å². The molecule has 1 saturated heterocycles. The molecule has 3 aromatic rings. The van der Waals surface area contributed by atoms with Crippen molar-refractivity contribution in [1.82, 2.24) is 9.88 Å². The highest BCUT2D eigenvalue weighted by molar-refractivity contribution is 5.98. The molecule has 1 aliphatic rings. The molecule has 3 atom stereocenters. The van der Waals surface area contributed by atoms with E-state index in [-0.39, 0.29) is 17.4 Å². The number of rotatable bonds is 5. The number of benzene rings is 2. The van der Waals surface area contributed by atoms with Gasteiger partial charge >= 0.3 is 6.09 Å². The third-order valence-electron chi connectivity index (χ3n) is 7.06. The smallest absolute Gasteiger partial charge is 0.407 e. The van der Waals surface area contributed by atoms with Crippen LogP contribution in [0.2, 0.25) is 0 Å². The van der Waals surface area contributed by atoms with E-state index in [2.05, 4.69) is 20.8 Å². The average molecular weight is 488 g/mol. The number of pyridine rings is 1. The van der Waals surface area contributed by atoms with E-state index < -0.39 is 18.1 Å². The lowest BCUT2D eigenvalue weighted by molar-refractivity contribution is 0.0521. The van der Waals surface area contributed by atoms with Gasteiger partial charge in [0.05, 0.1) is 11.3 Å². The Kier molecular flexibility index (Phi) is 7.13. The highest BCUT2D eigenvalue weighted by Gasteiger charge is 2.39. The fourth-order valence-electron chi connectivity index (χ4n) is 5.06. The molecule has 2 heterocycles. The molecule has 2 aromatic carbocycles. The summed E-state index contributed by atoms with van der Waals surface area (Å²) in [5.41, 5.74) is 9.35. The number of nitrogens with two attached hydrogens (primary N) is 1. The molecule has 0 aliphatic carbocycles. The average Bonchev–Trinajstić information content (AvgIpc) is 2.87. The summed E-state index contributed by atoms with van der Waals surface area (Å²) in [6, 6.07) is 20.1. The van der Waals surface area contributed by atoms with Crippen molar-refractivity contribution in [2.45, 2.75) is 51.7 Å². The summed E-state index contributed by atoms with van der Waals surface area (Å²) in [4.78, 5) is 30.4. The summed E-state index contributed by atoms with van der Waals surface area (Å²) in [5, 5.41) is 20.4. The van der Waals surface area contributed by atoms with Crippen molar-refractivity contribution in [3.63, 3.8) is 0 Å². The first-order valence-electron chi connectivity index (χ1n) is 12.2. The first-order chi connectivity index (χ1) is 17.1. The van der Waals surface area contributed by atoms with E-state index in [4.69, 9.17) is 10.7 Å². The lowest BCUT2D eigenvalue weighted by Gasteiger charge is -2.44. The van der Waals surface area contributed by atoms with Crippen LogP contribution in [0, 0.1) is 5.41 Å². The minimum atomic E-state index is -0.899. The number of piperidine rings is 1. The van der Waals surface area contributed by atoms with E-state index in [1.165, 1.54) is 4.90 Å². The number of hydrogen-bond acceptors (Lipinski definition) is 4. The quantitative estimate of drug-likeness (QED) is 0.457. The van der Waals surface area contributed by atoms with Gasteiger partial charge in [0.15, 0.2) is 0 Å². The van der Waals surface area contributed by atoms with Crippen LogP contribution in [0.3, 0.4) is 0 Å². The maximum atomic E-state index is 12.2. The molecule has 1 aliphatic heterocycles. The van der Waals surface area contributed by atoms with Gasteiger partial charge < -0.3 is 20.8 Å². The van der Waals surface area contributed by atoms with Crippen molar-refractivity contribution in [3.8, 4) is 11.3 Å². The van der Waals surface area contributed by atoms with Gasteiger partial charge in [0.25, 0.3) is 5.91 Å². The number of carbonyl (C=O) groups is 2. The molecule has 188 valence electrons. The van der Waals surface area contributed by atoms with E-state index in [1.54, 1.807) is 6.07 Å². The first kappa shape index (κ1) is 25.4. The lowest BCUT2D eigenvalue weighted by atomic mass is 9.76. The Morgan fingerprint density at radius 1 is 1.00 bits per heavy atom. The van der Waals surface area contributed by atoms with Gasteiger partial charge in [0.1, 0.15) is 6.10 Å². The third kappa shape index (κ3) is 5.26. The Balaban J connectivity index is 1.65. The molecule has 1 fully saturated rings. The van der Waals surface area contributed by atoms with Crippen LogP contribution in [-0.4, -0.2) is 44.7 Å². The second kappa shape index (κ2) is 10.1. The van der Waals surface area contributed by atoms with Crippen molar-refractivity contribution < 1.29 is 19.8 Å². The summed E-state index contributed by atoms with van der Waals surface area (Å²) >= 11 is 0. The minimum absolute atomic E-state index is 0.0599. The highest BCUT2D eigenvalue weighted by Crippen LogP contribution is 2.39. The second-order valence-electron chi connectivity index (χ2n) is 10.5. The van der Waals surface area contributed by atoms with Crippen molar-refractivity contribution >= 4 is 12.0 Å². The molecular weight excluding hydrogens is 454 g/mol. The Labute approximate surface area is 211 Å². The zero-order valence-corrected chi connectivity index (χ0v) is 20.9. The third-order valence-corrected chi connectivity index (χ3v) is 7.06. The van der Waals surface area contributed by atoms with Gasteiger partial charge in [0.2, 0.25) is 0 Å². The summed E-state index contributed by atoms with van der Waals surface area (Å²) in [5.74, 6) is -0.504.